The molecule has 1 aromatic carbocycles. The minimum absolute atomic E-state index is 0.00424. The molecule has 4 aliphatic carbocycles. The van der Waals surface area contributed by atoms with Crippen molar-refractivity contribution in [2.75, 3.05) is 89.9 Å². The van der Waals surface area contributed by atoms with Crippen molar-refractivity contribution in [3.05, 3.63) is 53.6 Å². The maximum Gasteiger partial charge on any atom is 0.407 e. The van der Waals surface area contributed by atoms with E-state index in [0.717, 1.165) is 5.57 Å². The van der Waals surface area contributed by atoms with Crippen molar-refractivity contribution in [3.63, 3.8) is 0 Å². The molecule has 27 heteroatoms. The molecule has 1 unspecified atom stereocenters. The summed E-state index contributed by atoms with van der Waals surface area (Å²) >= 11 is 10.7. The lowest BCUT2D eigenvalue weighted by Gasteiger charge is -2.64. The van der Waals surface area contributed by atoms with Crippen LogP contribution in [0.4, 0.5) is 10.5 Å². The Kier molecular flexibility index (Phi) is 26.7. The zero-order valence-electron chi connectivity index (χ0n) is 48.2. The van der Waals surface area contributed by atoms with Gasteiger partial charge in [-0.3, -0.25) is 43.2 Å². The summed E-state index contributed by atoms with van der Waals surface area (Å²) in [6.07, 6.45) is 3.61. The van der Waals surface area contributed by atoms with E-state index in [1.54, 1.807) is 31.2 Å². The number of amides is 6. The van der Waals surface area contributed by atoms with Crippen LogP contribution in [0.15, 0.2) is 48.1 Å². The number of aliphatic carboxylic acids is 1. The second-order valence-electron chi connectivity index (χ2n) is 21.6. The number of benzene rings is 1. The fourth-order valence-electron chi connectivity index (χ4n) is 11.8. The van der Waals surface area contributed by atoms with Gasteiger partial charge in [-0.25, -0.2) is 4.79 Å². The molecule has 5 rings (SSSR count). The van der Waals surface area contributed by atoms with Crippen LogP contribution in [-0.2, 0) is 82.9 Å². The number of esters is 1. The number of fused-ring (bicyclic) bond motifs is 5. The molecule has 0 saturated heterocycles. The zero-order chi connectivity index (χ0) is 61.7. The summed E-state index contributed by atoms with van der Waals surface area (Å²) in [4.78, 5) is 125. The Labute approximate surface area is 501 Å². The van der Waals surface area contributed by atoms with Crippen LogP contribution >= 0.6 is 27.5 Å². The Bertz CT molecular complexity index is 2580. The molecule has 1 aromatic rings. The highest BCUT2D eigenvalue weighted by molar-refractivity contribution is 9.09. The minimum atomic E-state index is -1.69. The first-order chi connectivity index (χ1) is 39.9. The number of anilines is 1. The summed E-state index contributed by atoms with van der Waals surface area (Å²) in [5, 5.41) is 36.6. The van der Waals surface area contributed by atoms with Gasteiger partial charge in [0.1, 0.15) is 38.6 Å². The van der Waals surface area contributed by atoms with Crippen molar-refractivity contribution in [2.45, 2.75) is 121 Å². The number of aliphatic hydroxyl groups excluding tert-OH is 1. The molecule has 6 amide bonds. The van der Waals surface area contributed by atoms with E-state index in [9.17, 15) is 58.2 Å². The van der Waals surface area contributed by atoms with Crippen molar-refractivity contribution < 1.29 is 91.3 Å². The maximum atomic E-state index is 14.5. The average molecular weight is 1270 g/mol. The summed E-state index contributed by atoms with van der Waals surface area (Å²) in [5.41, 5.74) is -1.88. The van der Waals surface area contributed by atoms with E-state index in [-0.39, 0.29) is 81.0 Å². The van der Waals surface area contributed by atoms with Crippen molar-refractivity contribution in [2.24, 2.45) is 28.6 Å². The van der Waals surface area contributed by atoms with Gasteiger partial charge in [0, 0.05) is 48.2 Å². The van der Waals surface area contributed by atoms with E-state index in [2.05, 4.69) is 47.8 Å². The number of allylic oxidation sites excluding steroid dienone is 4. The van der Waals surface area contributed by atoms with Gasteiger partial charge in [-0.2, -0.15) is 0 Å². The summed E-state index contributed by atoms with van der Waals surface area (Å²) in [6.45, 7) is 9.48. The lowest BCUT2D eigenvalue weighted by atomic mass is 9.45. The van der Waals surface area contributed by atoms with Crippen LogP contribution in [0.25, 0.3) is 0 Å². The number of nitrogens with one attached hydrogen (secondary N) is 6. The number of ether oxygens (including phenoxy) is 7. The van der Waals surface area contributed by atoms with Gasteiger partial charge in [0.05, 0.1) is 69.2 Å². The van der Waals surface area contributed by atoms with Gasteiger partial charge in [-0.15, -0.1) is 11.6 Å². The first-order valence-electron chi connectivity index (χ1n) is 28.1. The van der Waals surface area contributed by atoms with Crippen molar-refractivity contribution >= 4 is 92.4 Å². The van der Waals surface area contributed by atoms with Gasteiger partial charge in [0.2, 0.25) is 35.3 Å². The number of ketones is 2. The third kappa shape index (κ3) is 17.9. The molecule has 0 spiro atoms. The first-order valence-corrected chi connectivity index (χ1v) is 29.6. The molecular formula is C57H80BrClN6O19. The fourth-order valence-corrected chi connectivity index (χ4v) is 12.5. The molecule has 10 atom stereocenters. The standard InChI is InChI=1S/C57H80BrClN6O19/c1-6-50(74)84-57(35(2)27-42-41-12-9-38-28-40(66)15-17-54(38,4)56(41,59)44(67)29-55(42,57)5)45(68)33-82-34-62-48(71)31-61-53(77)83-32-37-7-10-39(11-8-37)64-51(75)36(3)63-52(76)43(13-14-49(72)73)65-46(69)16-19-78-21-23-80-25-26-81-24-22-79-20-18-60-47(70)30-58/h7-8,10-11,15,17,28,35-36,41-44,67H,6,9,12-14,16,18-27,29-34H2,1-5H3,(H,60,70)(H,61,77)(H,62,71)(H,63,76)(H,64,75)(H,65,69)(H,72,73)/t35-,36-,41-,42?,43-,44-,54-,55-,56-,57-/m0/s1. The number of Topliss-reactive ketones (excluding diaryl/α,β-unsaturated/α-hetero) is 1. The van der Waals surface area contributed by atoms with Crippen LogP contribution in [-0.4, -0.2) is 183 Å². The number of rotatable bonds is 35. The predicted octanol–water partition coefficient (Wildman–Crippen LogP) is 2.91. The number of carbonyl (C=O) groups excluding carboxylic acids is 9. The van der Waals surface area contributed by atoms with E-state index < -0.39 is 119 Å². The van der Waals surface area contributed by atoms with Gasteiger partial charge >= 0.3 is 18.0 Å². The second kappa shape index (κ2) is 32.6. The first kappa shape index (κ1) is 68.9. The lowest BCUT2D eigenvalue weighted by Crippen LogP contribution is -2.69. The van der Waals surface area contributed by atoms with E-state index >= 15 is 0 Å². The third-order valence-electron chi connectivity index (χ3n) is 16.1. The maximum absolute atomic E-state index is 14.5. The van der Waals surface area contributed by atoms with Gasteiger partial charge in [-0.05, 0) is 80.7 Å². The van der Waals surface area contributed by atoms with Crippen LogP contribution in [0, 0.1) is 28.6 Å². The van der Waals surface area contributed by atoms with Gasteiger partial charge in [0.15, 0.2) is 11.4 Å². The van der Waals surface area contributed by atoms with E-state index in [4.69, 9.17) is 44.8 Å². The highest BCUT2D eigenvalue weighted by Gasteiger charge is 2.76. The van der Waals surface area contributed by atoms with Crippen LogP contribution in [0.5, 0.6) is 0 Å². The summed E-state index contributed by atoms with van der Waals surface area (Å²) in [5.74, 6) is -6.27. The number of alkyl carbamates (subject to hydrolysis) is 1. The summed E-state index contributed by atoms with van der Waals surface area (Å²) in [6, 6.07) is 3.78. The number of aliphatic hydroxyl groups is 1. The number of carboxylic acids is 1. The van der Waals surface area contributed by atoms with E-state index in [1.807, 2.05) is 20.8 Å². The van der Waals surface area contributed by atoms with Crippen LogP contribution in [0.3, 0.4) is 0 Å². The topological polar surface area (TPSA) is 348 Å². The summed E-state index contributed by atoms with van der Waals surface area (Å²) in [7, 11) is 0. The SMILES string of the molecule is CCC(=O)O[C@]1(C(=O)COCNC(=O)CNC(=O)OCc2ccc(NC(=O)[C@H](C)NC(=O)[C@H](CCC(=O)O)NC(=O)CCOCCOCCOCCOCCNC(=O)CBr)cc2)[C@@H](C)CC2[C@@H]3CCC4=CC(=O)C=C[C@]4(C)[C@@]3(Cl)[C@@H](O)C[C@@]21C. The molecule has 0 heterocycles. The van der Waals surface area contributed by atoms with E-state index in [1.165, 1.54) is 25.1 Å². The number of carbonyl (C=O) groups is 10. The Morgan fingerprint density at radius 1 is 0.810 bits per heavy atom. The zero-order valence-corrected chi connectivity index (χ0v) is 50.5. The largest absolute Gasteiger partial charge is 0.481 e. The number of carboxylic acid groups (broad SMARTS) is 1. The second-order valence-corrected chi connectivity index (χ2v) is 22.7. The molecule has 3 fully saturated rings. The van der Waals surface area contributed by atoms with Crippen molar-refractivity contribution in [1.29, 1.82) is 0 Å². The molecule has 3 saturated carbocycles. The molecular weight excluding hydrogens is 1190 g/mol. The molecule has 8 N–H and O–H groups in total. The highest BCUT2D eigenvalue weighted by Crippen LogP contribution is 2.72. The third-order valence-corrected chi connectivity index (χ3v) is 17.5. The smallest absolute Gasteiger partial charge is 0.407 e. The van der Waals surface area contributed by atoms with Gasteiger partial charge in [0.25, 0.3) is 0 Å². The molecule has 4 aliphatic rings. The fraction of sp³-hybridized carbons (Fsp3) is 0.649. The number of halogens is 2. The average Bonchev–Trinajstić information content (AvgIpc) is 1.36. The Hall–Kier alpha value is -5.87. The van der Waals surface area contributed by atoms with Crippen molar-refractivity contribution in [3.8, 4) is 0 Å². The van der Waals surface area contributed by atoms with Crippen LogP contribution in [0.1, 0.15) is 91.5 Å². The quantitative estimate of drug-likeness (QED) is 0.0210. The Morgan fingerprint density at radius 3 is 2.11 bits per heavy atom. The highest BCUT2D eigenvalue weighted by atomic mass is 79.9. The Balaban J connectivity index is 0.977. The Morgan fingerprint density at radius 2 is 1.46 bits per heavy atom. The summed E-state index contributed by atoms with van der Waals surface area (Å²) < 4.78 is 38.7. The van der Waals surface area contributed by atoms with Gasteiger partial charge < -0.3 is 75.3 Å². The molecule has 466 valence electrons. The molecule has 0 radical (unpaired) electrons. The normalized spacial score (nSPS) is 25.5. The monoisotopic (exact) mass is 1270 g/mol. The van der Waals surface area contributed by atoms with Crippen molar-refractivity contribution in [1.82, 2.24) is 26.6 Å². The van der Waals surface area contributed by atoms with Crippen LogP contribution in [0.2, 0.25) is 0 Å². The molecule has 25 nitrogen and oxygen atoms in total. The lowest BCUT2D eigenvalue weighted by molar-refractivity contribution is -0.203. The number of hydrogen-bond donors (Lipinski definition) is 8. The molecule has 0 aliphatic heterocycles. The number of hydrogen-bond acceptors (Lipinski definition) is 18. The molecule has 84 heavy (non-hydrogen) atoms. The van der Waals surface area contributed by atoms with Gasteiger partial charge in [-0.1, -0.05) is 67.4 Å². The van der Waals surface area contributed by atoms with E-state index in [0.29, 0.717) is 70.1 Å². The van der Waals surface area contributed by atoms with Crippen LogP contribution < -0.4 is 31.9 Å². The predicted molar refractivity (Wildman–Crippen MR) is 305 cm³/mol. The minimum Gasteiger partial charge on any atom is -0.481 e. The molecule has 0 bridgehead atoms. The molecule has 0 aromatic heterocycles. The number of alkyl halides is 2.